The molecule has 2 N–H and O–H groups in total. The smallest absolute Gasteiger partial charge is 0.322 e. The van der Waals surface area contributed by atoms with Crippen LogP contribution in [0, 0.1) is 0 Å². The summed E-state index contributed by atoms with van der Waals surface area (Å²) in [6.07, 6.45) is 1.90. The van der Waals surface area contributed by atoms with E-state index < -0.39 is 11.9 Å². The predicted molar refractivity (Wildman–Crippen MR) is 77.1 cm³/mol. The number of hydrogen-bond donors (Lipinski definition) is 2. The van der Waals surface area contributed by atoms with Crippen LogP contribution in [0.15, 0.2) is 24.3 Å². The molecule has 0 bridgehead atoms. The number of carboxylic acids is 1. The summed E-state index contributed by atoms with van der Waals surface area (Å²) in [5, 5.41) is 12.2. The molecule has 108 valence electrons. The number of aliphatic carboxylic acids is 1. The van der Waals surface area contributed by atoms with Crippen LogP contribution in [-0.2, 0) is 4.79 Å². The molecule has 2 atom stereocenters. The van der Waals surface area contributed by atoms with Gasteiger partial charge in [0.2, 0.25) is 0 Å². The number of fused-ring (bicyclic) bond motifs is 1. The van der Waals surface area contributed by atoms with Crippen LogP contribution in [0.1, 0.15) is 38.2 Å². The number of para-hydroxylation sites is 1. The van der Waals surface area contributed by atoms with Gasteiger partial charge in [-0.25, -0.2) is 4.79 Å². The van der Waals surface area contributed by atoms with Crippen molar-refractivity contribution < 1.29 is 14.7 Å². The number of anilines is 1. The monoisotopic (exact) mass is 276 g/mol. The van der Waals surface area contributed by atoms with Gasteiger partial charge in [-0.05, 0) is 25.0 Å². The number of carbonyl (C=O) groups excluding carboxylic acids is 1. The Morgan fingerprint density at radius 2 is 2.15 bits per heavy atom. The lowest BCUT2D eigenvalue weighted by Gasteiger charge is -2.21. The van der Waals surface area contributed by atoms with E-state index in [4.69, 9.17) is 0 Å². The van der Waals surface area contributed by atoms with Crippen LogP contribution in [0.2, 0.25) is 0 Å². The average Bonchev–Trinajstić information content (AvgIpc) is 2.78. The molecular formula is C15H20N2O3. The number of urea groups is 1. The summed E-state index contributed by atoms with van der Waals surface area (Å²) >= 11 is 0. The summed E-state index contributed by atoms with van der Waals surface area (Å²) < 4.78 is 0. The first-order valence-electron chi connectivity index (χ1n) is 6.94. The van der Waals surface area contributed by atoms with Gasteiger partial charge in [-0.3, -0.25) is 9.69 Å². The van der Waals surface area contributed by atoms with E-state index in [1.807, 2.05) is 13.0 Å². The summed E-state index contributed by atoms with van der Waals surface area (Å²) in [6.45, 7) is 4.21. The van der Waals surface area contributed by atoms with Crippen molar-refractivity contribution in [2.75, 3.05) is 11.4 Å². The largest absolute Gasteiger partial charge is 0.481 e. The van der Waals surface area contributed by atoms with Crippen LogP contribution < -0.4 is 10.2 Å². The van der Waals surface area contributed by atoms with E-state index in [1.54, 1.807) is 18.2 Å². The van der Waals surface area contributed by atoms with Crippen molar-refractivity contribution in [1.29, 1.82) is 0 Å². The van der Waals surface area contributed by atoms with Gasteiger partial charge < -0.3 is 10.4 Å². The number of nitrogens with one attached hydrogen (secondary N) is 1. The lowest BCUT2D eigenvalue weighted by molar-refractivity contribution is -0.138. The number of benzene rings is 1. The van der Waals surface area contributed by atoms with Crippen LogP contribution in [-0.4, -0.2) is 29.7 Å². The van der Waals surface area contributed by atoms with E-state index in [0.29, 0.717) is 11.3 Å². The van der Waals surface area contributed by atoms with Crippen molar-refractivity contribution in [3.8, 4) is 0 Å². The molecule has 1 aliphatic heterocycles. The maximum Gasteiger partial charge on any atom is 0.322 e. The molecule has 20 heavy (non-hydrogen) atoms. The Balaban J connectivity index is 2.18. The van der Waals surface area contributed by atoms with E-state index in [0.717, 1.165) is 12.8 Å². The van der Waals surface area contributed by atoms with Crippen molar-refractivity contribution >= 4 is 17.7 Å². The predicted octanol–water partition coefficient (Wildman–Crippen LogP) is 2.57. The minimum absolute atomic E-state index is 0.0866. The first kappa shape index (κ1) is 14.4. The van der Waals surface area contributed by atoms with Crippen LogP contribution in [0.5, 0.6) is 0 Å². The number of carbonyl (C=O) groups is 2. The first-order valence-corrected chi connectivity index (χ1v) is 6.94. The summed E-state index contributed by atoms with van der Waals surface area (Å²) in [5.74, 6) is -1.53. The quantitative estimate of drug-likeness (QED) is 0.888. The zero-order valence-corrected chi connectivity index (χ0v) is 11.8. The molecule has 1 aliphatic rings. The normalized spacial score (nSPS) is 18.5. The first-order chi connectivity index (χ1) is 9.54. The fourth-order valence-corrected chi connectivity index (χ4v) is 2.60. The topological polar surface area (TPSA) is 69.6 Å². The van der Waals surface area contributed by atoms with Gasteiger partial charge in [0.05, 0.1) is 0 Å². The van der Waals surface area contributed by atoms with Crippen molar-refractivity contribution in [2.24, 2.45) is 0 Å². The van der Waals surface area contributed by atoms with Crippen LogP contribution in [0.25, 0.3) is 0 Å². The lowest BCUT2D eigenvalue weighted by atomic mass is 10.0. The van der Waals surface area contributed by atoms with Crippen molar-refractivity contribution in [1.82, 2.24) is 5.32 Å². The summed E-state index contributed by atoms with van der Waals surface area (Å²) in [4.78, 5) is 25.1. The molecule has 5 heteroatoms. The lowest BCUT2D eigenvalue weighted by Crippen LogP contribution is -2.43. The molecule has 5 nitrogen and oxygen atoms in total. The third-order valence-corrected chi connectivity index (χ3v) is 3.60. The fraction of sp³-hybridized carbons (Fsp3) is 0.467. The number of carboxylic acid groups (broad SMARTS) is 1. The minimum atomic E-state index is -0.894. The molecule has 1 aromatic carbocycles. The molecular weight excluding hydrogens is 256 g/mol. The van der Waals surface area contributed by atoms with E-state index in [1.165, 1.54) is 4.90 Å². The van der Waals surface area contributed by atoms with Crippen molar-refractivity contribution in [3.63, 3.8) is 0 Å². The Morgan fingerprint density at radius 3 is 2.80 bits per heavy atom. The molecule has 0 radical (unpaired) electrons. The molecule has 1 heterocycles. The molecule has 0 aliphatic carbocycles. The van der Waals surface area contributed by atoms with Gasteiger partial charge >= 0.3 is 12.0 Å². The van der Waals surface area contributed by atoms with Gasteiger partial charge in [0.15, 0.2) is 0 Å². The highest BCUT2D eigenvalue weighted by molar-refractivity contribution is 5.98. The maximum absolute atomic E-state index is 12.3. The summed E-state index contributed by atoms with van der Waals surface area (Å²) in [6, 6.07) is 7.05. The number of hydrogen-bond acceptors (Lipinski definition) is 2. The summed E-state index contributed by atoms with van der Waals surface area (Å²) in [7, 11) is 0. The molecule has 2 rings (SSSR count). The second-order valence-electron chi connectivity index (χ2n) is 5.20. The third kappa shape index (κ3) is 2.76. The molecule has 0 fully saturated rings. The highest BCUT2D eigenvalue weighted by Crippen LogP contribution is 2.36. The van der Waals surface area contributed by atoms with Gasteiger partial charge in [-0.15, -0.1) is 0 Å². The molecule has 2 amide bonds. The SMILES string of the molecule is CCCC(C)NC(=O)N1CC(C(=O)O)c2ccccc21. The van der Waals surface area contributed by atoms with Gasteiger partial charge in [0.1, 0.15) is 5.92 Å². The van der Waals surface area contributed by atoms with E-state index in [2.05, 4.69) is 12.2 Å². The zero-order chi connectivity index (χ0) is 14.7. The van der Waals surface area contributed by atoms with Crippen LogP contribution in [0.3, 0.4) is 0 Å². The molecule has 1 aromatic rings. The maximum atomic E-state index is 12.3. The second-order valence-corrected chi connectivity index (χ2v) is 5.20. The van der Waals surface area contributed by atoms with Crippen LogP contribution in [0.4, 0.5) is 10.5 Å². The zero-order valence-electron chi connectivity index (χ0n) is 11.8. The average molecular weight is 276 g/mol. The minimum Gasteiger partial charge on any atom is -0.481 e. The Morgan fingerprint density at radius 1 is 1.45 bits per heavy atom. The van der Waals surface area contributed by atoms with Gasteiger partial charge in [0.25, 0.3) is 0 Å². The number of nitrogens with zero attached hydrogens (tertiary/aromatic N) is 1. The van der Waals surface area contributed by atoms with Gasteiger partial charge in [0, 0.05) is 18.3 Å². The van der Waals surface area contributed by atoms with Gasteiger partial charge in [-0.1, -0.05) is 31.5 Å². The number of amides is 2. The Hall–Kier alpha value is -2.04. The second kappa shape index (κ2) is 5.94. The molecule has 0 aromatic heterocycles. The highest BCUT2D eigenvalue weighted by atomic mass is 16.4. The van der Waals surface area contributed by atoms with E-state index in [9.17, 15) is 14.7 Å². The molecule has 0 saturated heterocycles. The van der Waals surface area contributed by atoms with Crippen molar-refractivity contribution in [2.45, 2.75) is 38.6 Å². The Labute approximate surface area is 118 Å². The Kier molecular flexibility index (Phi) is 4.27. The standard InChI is InChI=1S/C15H20N2O3/c1-3-6-10(2)16-15(20)17-9-12(14(18)19)11-7-4-5-8-13(11)17/h4-5,7-8,10,12H,3,6,9H2,1-2H3,(H,16,20)(H,18,19). The number of rotatable bonds is 4. The van der Waals surface area contributed by atoms with Gasteiger partial charge in [-0.2, -0.15) is 0 Å². The van der Waals surface area contributed by atoms with Crippen LogP contribution >= 0.6 is 0 Å². The van der Waals surface area contributed by atoms with Crippen molar-refractivity contribution in [3.05, 3.63) is 29.8 Å². The van der Waals surface area contributed by atoms with E-state index >= 15 is 0 Å². The molecule has 0 saturated carbocycles. The van der Waals surface area contributed by atoms with E-state index in [-0.39, 0.29) is 18.6 Å². The Bertz CT molecular complexity index is 516. The fourth-order valence-electron chi connectivity index (χ4n) is 2.60. The highest BCUT2D eigenvalue weighted by Gasteiger charge is 2.36. The summed E-state index contributed by atoms with van der Waals surface area (Å²) in [5.41, 5.74) is 1.40. The molecule has 2 unspecified atom stereocenters. The molecule has 0 spiro atoms. The third-order valence-electron chi connectivity index (χ3n) is 3.60.